The Morgan fingerprint density at radius 1 is 0.931 bits per heavy atom. The zero-order valence-electron chi connectivity index (χ0n) is 34.1. The van der Waals surface area contributed by atoms with Crippen molar-refractivity contribution in [2.24, 2.45) is 28.1 Å². The minimum Gasteiger partial charge on any atom is -0.472 e. The first-order chi connectivity index (χ1) is 27.2. The Morgan fingerprint density at radius 2 is 1.64 bits per heavy atom. The molecule has 316 valence electrons. The molecule has 9 rings (SSSR count). The summed E-state index contributed by atoms with van der Waals surface area (Å²) in [6.07, 6.45) is -2.34. The minimum atomic E-state index is -2.23. The third-order valence-corrected chi connectivity index (χ3v) is 15.7. The molecule has 3 spiro atoms. The highest BCUT2D eigenvalue weighted by Gasteiger charge is 3.06. The molecule has 4 saturated heterocycles. The standard InChI is InChI=1S/C41H50O17/c1-10-26(44)52-31-40-25(16-27(45)48-9)33(5,29(51-21(3)42)23-11-14-49-17-23)12-13-38(40)37-19-50-28(46)15-24(37)34(6)18-39(37,57-36(8,56-38)58-40)41(31,55-22(4)43)30(34)53-32(47)35(7)20(2)54-35/h11,14,17,20,24-25,29-31H,10,12-13,15-16,18-19H2,1-9H3/t20-,24+,25-,29+,30+,31+,33-,34-,35+,36-,37+,38+,39-,40-,41+/m1/s1. The highest BCUT2D eigenvalue weighted by atomic mass is 16.9. The van der Waals surface area contributed by atoms with Crippen molar-refractivity contribution in [3.63, 3.8) is 0 Å². The number of hydrogen-bond donors (Lipinski definition) is 0. The van der Waals surface area contributed by atoms with E-state index in [0.717, 1.165) is 0 Å². The van der Waals surface area contributed by atoms with Crippen molar-refractivity contribution < 1.29 is 80.6 Å². The summed E-state index contributed by atoms with van der Waals surface area (Å²) in [5.41, 5.74) is -12.5. The Bertz CT molecular complexity index is 2020. The third-order valence-electron chi connectivity index (χ3n) is 15.7. The first-order valence-electron chi connectivity index (χ1n) is 20.0. The van der Waals surface area contributed by atoms with Crippen LogP contribution in [0.2, 0.25) is 0 Å². The molecule has 8 aliphatic rings. The lowest BCUT2D eigenvalue weighted by molar-refractivity contribution is -0.485. The molecular formula is C41H50O17. The summed E-state index contributed by atoms with van der Waals surface area (Å²) in [6.45, 7) is 12.3. The van der Waals surface area contributed by atoms with E-state index in [2.05, 4.69) is 0 Å². The summed E-state index contributed by atoms with van der Waals surface area (Å²) >= 11 is 0. The van der Waals surface area contributed by atoms with Gasteiger partial charge in [-0.2, -0.15) is 0 Å². The van der Waals surface area contributed by atoms with Crippen molar-refractivity contribution in [3.05, 3.63) is 24.2 Å². The fourth-order valence-electron chi connectivity index (χ4n) is 13.7. The number of esters is 6. The maximum absolute atomic E-state index is 14.4. The molecule has 4 aliphatic carbocycles. The van der Waals surface area contributed by atoms with Gasteiger partial charge in [-0.3, -0.25) is 24.0 Å². The number of ether oxygens (including phenoxy) is 10. The Balaban J connectivity index is 1.40. The zero-order chi connectivity index (χ0) is 41.9. The van der Waals surface area contributed by atoms with Crippen molar-refractivity contribution in [2.45, 2.75) is 152 Å². The van der Waals surface area contributed by atoms with E-state index in [1.165, 1.54) is 33.5 Å². The summed E-state index contributed by atoms with van der Waals surface area (Å²) in [5, 5.41) is 0. The van der Waals surface area contributed by atoms with Gasteiger partial charge < -0.3 is 51.8 Å². The zero-order valence-corrected chi connectivity index (χ0v) is 34.1. The quantitative estimate of drug-likeness (QED) is 0.188. The molecule has 4 saturated carbocycles. The largest absolute Gasteiger partial charge is 0.472 e. The van der Waals surface area contributed by atoms with E-state index in [0.29, 0.717) is 5.56 Å². The van der Waals surface area contributed by atoms with E-state index >= 15 is 0 Å². The van der Waals surface area contributed by atoms with E-state index in [4.69, 9.17) is 51.8 Å². The molecule has 4 aliphatic heterocycles. The first kappa shape index (κ1) is 39.4. The summed E-state index contributed by atoms with van der Waals surface area (Å²) in [6, 6.07) is 1.65. The summed E-state index contributed by atoms with van der Waals surface area (Å²) < 4.78 is 70.6. The summed E-state index contributed by atoms with van der Waals surface area (Å²) in [5.74, 6) is -8.08. The number of methoxy groups -OCH3 is 1. The van der Waals surface area contributed by atoms with Crippen LogP contribution >= 0.6 is 0 Å². The van der Waals surface area contributed by atoms with E-state index in [1.807, 2.05) is 13.8 Å². The molecule has 1 aromatic heterocycles. The van der Waals surface area contributed by atoms with Crippen LogP contribution in [0.4, 0.5) is 0 Å². The van der Waals surface area contributed by atoms with Gasteiger partial charge in [0.05, 0.1) is 37.6 Å². The van der Waals surface area contributed by atoms with E-state index in [1.54, 1.807) is 33.8 Å². The number of epoxide rings is 1. The normalized spacial score (nSPS) is 48.8. The molecule has 8 fully saturated rings. The van der Waals surface area contributed by atoms with Crippen LogP contribution in [0.5, 0.6) is 0 Å². The van der Waals surface area contributed by atoms with Gasteiger partial charge in [-0.05, 0) is 45.1 Å². The van der Waals surface area contributed by atoms with Gasteiger partial charge in [-0.15, -0.1) is 0 Å². The van der Waals surface area contributed by atoms with Crippen LogP contribution in [0.15, 0.2) is 23.0 Å². The maximum atomic E-state index is 14.4. The van der Waals surface area contributed by atoms with Crippen LogP contribution in [-0.4, -0.2) is 102 Å². The molecule has 17 heteroatoms. The highest BCUT2D eigenvalue weighted by molar-refractivity contribution is 5.84. The van der Waals surface area contributed by atoms with E-state index in [-0.39, 0.29) is 38.7 Å². The number of rotatable bonds is 10. The van der Waals surface area contributed by atoms with Crippen LogP contribution in [0.1, 0.15) is 106 Å². The van der Waals surface area contributed by atoms with Crippen molar-refractivity contribution in [3.8, 4) is 0 Å². The highest BCUT2D eigenvalue weighted by Crippen LogP contribution is 2.90. The fraction of sp³-hybridized carbons (Fsp3) is 0.756. The predicted octanol–water partition coefficient (Wildman–Crippen LogP) is 3.53. The Labute approximate surface area is 334 Å². The monoisotopic (exact) mass is 814 g/mol. The molecule has 0 aromatic carbocycles. The van der Waals surface area contributed by atoms with E-state index in [9.17, 15) is 28.8 Å². The van der Waals surface area contributed by atoms with Gasteiger partial charge in [0.1, 0.15) is 29.5 Å². The van der Waals surface area contributed by atoms with Gasteiger partial charge in [0.2, 0.25) is 5.60 Å². The van der Waals surface area contributed by atoms with Crippen LogP contribution in [0.3, 0.4) is 0 Å². The molecule has 58 heavy (non-hydrogen) atoms. The second-order valence-corrected chi connectivity index (χ2v) is 18.3. The predicted molar refractivity (Wildman–Crippen MR) is 188 cm³/mol. The van der Waals surface area contributed by atoms with Gasteiger partial charge in [0, 0.05) is 55.9 Å². The molecule has 17 nitrogen and oxygen atoms in total. The maximum Gasteiger partial charge on any atom is 0.341 e. The third kappa shape index (κ3) is 4.26. The smallest absolute Gasteiger partial charge is 0.341 e. The van der Waals surface area contributed by atoms with Crippen molar-refractivity contribution in [1.29, 1.82) is 0 Å². The van der Waals surface area contributed by atoms with Gasteiger partial charge in [0.15, 0.2) is 17.8 Å². The number of carbonyl (C=O) groups excluding carboxylic acids is 6. The lowest BCUT2D eigenvalue weighted by atomic mass is 9.33. The van der Waals surface area contributed by atoms with Crippen LogP contribution in [-0.2, 0) is 76.1 Å². The molecule has 5 heterocycles. The van der Waals surface area contributed by atoms with Crippen molar-refractivity contribution in [2.75, 3.05) is 13.7 Å². The molecular weight excluding hydrogens is 764 g/mol. The molecule has 0 N–H and O–H groups in total. The first-order valence-corrected chi connectivity index (χ1v) is 20.0. The summed E-state index contributed by atoms with van der Waals surface area (Å²) in [4.78, 5) is 83.1. The van der Waals surface area contributed by atoms with Gasteiger partial charge in [0.25, 0.3) is 5.97 Å². The van der Waals surface area contributed by atoms with Crippen molar-refractivity contribution in [1.82, 2.24) is 0 Å². The lowest BCUT2D eigenvalue weighted by Crippen LogP contribution is -2.95. The molecule has 15 atom stereocenters. The second-order valence-electron chi connectivity index (χ2n) is 18.3. The lowest BCUT2D eigenvalue weighted by Gasteiger charge is -2.77. The SMILES string of the molecule is CCC(=O)O[C@@H]1[C@@]2(OC(C)=O)[C@@H](OC(=O)[C@@]3(C)O[C@@H]3C)[C@]3(C)C[C@]24O[C@]2(C)O[C@]15[C@H](CC(=O)OC)[C@](C)([C@@H](OC(C)=O)c1ccoc1)CC[C@]5(O2)[C@@]41COC(=O)C[C@@H]31. The summed E-state index contributed by atoms with van der Waals surface area (Å²) in [7, 11) is 1.23. The Kier molecular flexibility index (Phi) is 8.03. The minimum absolute atomic E-state index is 0.0317. The van der Waals surface area contributed by atoms with Gasteiger partial charge in [-0.1, -0.05) is 20.8 Å². The average Bonchev–Trinajstić information content (AvgIpc) is 3.49. The number of carbonyl (C=O) groups is 6. The van der Waals surface area contributed by atoms with Gasteiger partial charge in [-0.25, -0.2) is 4.79 Å². The van der Waals surface area contributed by atoms with Crippen LogP contribution in [0, 0.1) is 28.1 Å². The molecule has 0 unspecified atom stereocenters. The number of fused-ring (bicyclic) bond motifs is 3. The van der Waals surface area contributed by atoms with E-state index < -0.39 is 129 Å². The fourth-order valence-corrected chi connectivity index (χ4v) is 13.7. The topological polar surface area (TPSA) is 211 Å². The number of cyclic esters (lactones) is 1. The Hall–Kier alpha value is -4.06. The molecule has 1 aromatic rings. The molecule has 0 amide bonds. The van der Waals surface area contributed by atoms with Crippen molar-refractivity contribution >= 4 is 35.8 Å². The second kappa shape index (κ2) is 11.8. The Morgan fingerprint density at radius 3 is 2.24 bits per heavy atom. The number of furan rings is 1. The van der Waals surface area contributed by atoms with Crippen LogP contribution in [0.25, 0.3) is 0 Å². The number of hydrogen-bond acceptors (Lipinski definition) is 17. The van der Waals surface area contributed by atoms with Gasteiger partial charge >= 0.3 is 35.8 Å². The molecule has 4 bridgehead atoms. The van der Waals surface area contributed by atoms with Crippen LogP contribution < -0.4 is 0 Å². The average molecular weight is 815 g/mol. The molecule has 0 radical (unpaired) electrons.